The summed E-state index contributed by atoms with van der Waals surface area (Å²) in [7, 11) is 0. The fraction of sp³-hybridized carbons (Fsp3) is 0.182. The van der Waals surface area contributed by atoms with E-state index in [0.717, 1.165) is 35.6 Å². The molecule has 0 atom stereocenters. The highest BCUT2D eigenvalue weighted by Gasteiger charge is 2.08. The Hall–Kier alpha value is -3.14. The van der Waals surface area contributed by atoms with Crippen molar-refractivity contribution in [3.63, 3.8) is 0 Å². The molecule has 0 saturated carbocycles. The van der Waals surface area contributed by atoms with E-state index in [-0.39, 0.29) is 5.91 Å². The number of hydrogen-bond acceptors (Lipinski definition) is 3. The first kappa shape index (κ1) is 17.7. The summed E-state index contributed by atoms with van der Waals surface area (Å²) in [4.78, 5) is 18.8. The summed E-state index contributed by atoms with van der Waals surface area (Å²) in [6.07, 6.45) is 3.56. The molecule has 0 aliphatic carbocycles. The molecule has 1 amide bonds. The Morgan fingerprint density at radius 2 is 1.62 bits per heavy atom. The van der Waals surface area contributed by atoms with Gasteiger partial charge in [-0.2, -0.15) is 0 Å². The van der Waals surface area contributed by atoms with Gasteiger partial charge in [-0.05, 0) is 67.4 Å². The first-order valence-corrected chi connectivity index (χ1v) is 8.88. The van der Waals surface area contributed by atoms with Crippen molar-refractivity contribution in [1.29, 1.82) is 0 Å². The number of rotatable bonds is 6. The second kappa shape index (κ2) is 8.30. The molecule has 0 aliphatic rings. The molecule has 0 aliphatic heterocycles. The molecule has 3 rings (SSSR count). The Kier molecular flexibility index (Phi) is 5.64. The third-order valence-corrected chi connectivity index (χ3v) is 4.40. The van der Waals surface area contributed by atoms with Crippen LogP contribution < -0.4 is 10.2 Å². The number of hydrogen-bond donors (Lipinski definition) is 1. The van der Waals surface area contributed by atoms with Crippen molar-refractivity contribution in [2.45, 2.75) is 13.8 Å². The molecular weight excluding hydrogens is 322 g/mol. The normalized spacial score (nSPS) is 10.4. The van der Waals surface area contributed by atoms with Gasteiger partial charge in [-0.3, -0.25) is 9.78 Å². The van der Waals surface area contributed by atoms with Crippen LogP contribution in [0.15, 0.2) is 73.1 Å². The molecule has 2 aromatic carbocycles. The third-order valence-electron chi connectivity index (χ3n) is 4.40. The second-order valence-corrected chi connectivity index (χ2v) is 5.99. The molecule has 0 unspecified atom stereocenters. The van der Waals surface area contributed by atoms with Crippen molar-refractivity contribution in [2.75, 3.05) is 23.3 Å². The predicted octanol–water partition coefficient (Wildman–Crippen LogP) is 4.85. The molecule has 4 nitrogen and oxygen atoms in total. The van der Waals surface area contributed by atoms with Crippen molar-refractivity contribution < 1.29 is 4.79 Å². The Bertz CT molecular complexity index is 839. The minimum Gasteiger partial charge on any atom is -0.372 e. The van der Waals surface area contributed by atoms with Gasteiger partial charge in [0.15, 0.2) is 0 Å². The first-order chi connectivity index (χ1) is 12.7. The number of nitrogens with one attached hydrogen (secondary N) is 1. The molecule has 0 fully saturated rings. The van der Waals surface area contributed by atoms with Gasteiger partial charge in [-0.1, -0.05) is 18.2 Å². The number of carbonyl (C=O) groups excluding carboxylic acids is 1. The number of pyridine rings is 1. The Morgan fingerprint density at radius 3 is 2.19 bits per heavy atom. The van der Waals surface area contributed by atoms with Gasteiger partial charge in [0.25, 0.3) is 5.91 Å². The van der Waals surface area contributed by atoms with E-state index in [4.69, 9.17) is 0 Å². The zero-order chi connectivity index (χ0) is 18.4. The maximum atomic E-state index is 12.5. The molecule has 3 aromatic rings. The van der Waals surface area contributed by atoms with Crippen LogP contribution in [0.25, 0.3) is 11.1 Å². The van der Waals surface area contributed by atoms with E-state index in [1.165, 1.54) is 0 Å². The SMILES string of the molecule is CCN(CC)c1ccc(NC(=O)c2ccc(-c3cccnc3)cc2)cc1. The molecule has 0 bridgehead atoms. The average Bonchev–Trinajstić information content (AvgIpc) is 2.71. The highest BCUT2D eigenvalue weighted by atomic mass is 16.1. The van der Waals surface area contributed by atoms with Crippen LogP contribution in [0.1, 0.15) is 24.2 Å². The second-order valence-electron chi connectivity index (χ2n) is 5.99. The number of carbonyl (C=O) groups is 1. The molecule has 1 heterocycles. The van der Waals surface area contributed by atoms with E-state index in [9.17, 15) is 4.79 Å². The first-order valence-electron chi connectivity index (χ1n) is 8.88. The Labute approximate surface area is 154 Å². The van der Waals surface area contributed by atoms with Crippen molar-refractivity contribution in [3.05, 3.63) is 78.6 Å². The van der Waals surface area contributed by atoms with Gasteiger partial charge in [-0.25, -0.2) is 0 Å². The maximum Gasteiger partial charge on any atom is 0.255 e. The van der Waals surface area contributed by atoms with Gasteiger partial charge in [0.05, 0.1) is 0 Å². The van der Waals surface area contributed by atoms with Crippen LogP contribution in [0.4, 0.5) is 11.4 Å². The summed E-state index contributed by atoms with van der Waals surface area (Å²) in [5, 5.41) is 2.95. The smallest absolute Gasteiger partial charge is 0.255 e. The minimum atomic E-state index is -0.113. The van der Waals surface area contributed by atoms with E-state index < -0.39 is 0 Å². The minimum absolute atomic E-state index is 0.113. The average molecular weight is 345 g/mol. The fourth-order valence-electron chi connectivity index (χ4n) is 2.90. The van der Waals surface area contributed by atoms with Crippen LogP contribution >= 0.6 is 0 Å². The third kappa shape index (κ3) is 4.09. The van der Waals surface area contributed by atoms with Gasteiger partial charge >= 0.3 is 0 Å². The maximum absolute atomic E-state index is 12.5. The van der Waals surface area contributed by atoms with Gasteiger partial charge < -0.3 is 10.2 Å². The number of anilines is 2. The summed E-state index contributed by atoms with van der Waals surface area (Å²) >= 11 is 0. The quantitative estimate of drug-likeness (QED) is 0.695. The Morgan fingerprint density at radius 1 is 0.923 bits per heavy atom. The molecular formula is C22H23N3O. The highest BCUT2D eigenvalue weighted by Crippen LogP contribution is 2.20. The lowest BCUT2D eigenvalue weighted by atomic mass is 10.1. The van der Waals surface area contributed by atoms with Crippen molar-refractivity contribution in [2.24, 2.45) is 0 Å². The van der Waals surface area contributed by atoms with Crippen LogP contribution in [0, 0.1) is 0 Å². The molecule has 4 heteroatoms. The van der Waals surface area contributed by atoms with Gasteiger partial charge in [0.1, 0.15) is 0 Å². The largest absolute Gasteiger partial charge is 0.372 e. The number of benzene rings is 2. The molecule has 1 aromatic heterocycles. The highest BCUT2D eigenvalue weighted by molar-refractivity contribution is 6.04. The van der Waals surface area contributed by atoms with Gasteiger partial charge in [0, 0.05) is 42.4 Å². The number of aromatic nitrogens is 1. The van der Waals surface area contributed by atoms with Crippen LogP contribution in [-0.2, 0) is 0 Å². The molecule has 132 valence electrons. The van der Waals surface area contributed by atoms with Crippen LogP contribution in [0.5, 0.6) is 0 Å². The predicted molar refractivity (Wildman–Crippen MR) is 108 cm³/mol. The van der Waals surface area contributed by atoms with Crippen LogP contribution in [0.3, 0.4) is 0 Å². The van der Waals surface area contributed by atoms with Crippen LogP contribution in [-0.4, -0.2) is 24.0 Å². The summed E-state index contributed by atoms with van der Waals surface area (Å²) in [5.74, 6) is -0.113. The fourth-order valence-corrected chi connectivity index (χ4v) is 2.90. The van der Waals surface area contributed by atoms with Crippen molar-refractivity contribution in [1.82, 2.24) is 4.98 Å². The summed E-state index contributed by atoms with van der Waals surface area (Å²) in [6, 6.07) is 19.4. The molecule has 0 radical (unpaired) electrons. The van der Waals surface area contributed by atoms with Gasteiger partial charge in [-0.15, -0.1) is 0 Å². The molecule has 1 N–H and O–H groups in total. The molecule has 0 saturated heterocycles. The van der Waals surface area contributed by atoms with E-state index in [2.05, 4.69) is 29.0 Å². The van der Waals surface area contributed by atoms with E-state index in [1.54, 1.807) is 6.20 Å². The summed E-state index contributed by atoms with van der Waals surface area (Å²) < 4.78 is 0. The lowest BCUT2D eigenvalue weighted by molar-refractivity contribution is 0.102. The Balaban J connectivity index is 1.68. The van der Waals surface area contributed by atoms with Crippen molar-refractivity contribution >= 4 is 17.3 Å². The van der Waals surface area contributed by atoms with E-state index in [1.807, 2.05) is 66.9 Å². The van der Waals surface area contributed by atoms with Crippen LogP contribution in [0.2, 0.25) is 0 Å². The lowest BCUT2D eigenvalue weighted by Crippen LogP contribution is -2.21. The topological polar surface area (TPSA) is 45.2 Å². The van der Waals surface area contributed by atoms with Gasteiger partial charge in [0.2, 0.25) is 0 Å². The van der Waals surface area contributed by atoms with E-state index >= 15 is 0 Å². The zero-order valence-corrected chi connectivity index (χ0v) is 15.1. The summed E-state index contributed by atoms with van der Waals surface area (Å²) in [6.45, 7) is 6.19. The monoisotopic (exact) mass is 345 g/mol. The standard InChI is InChI=1S/C22H23N3O/c1-3-25(4-2)21-13-11-20(12-14-21)24-22(26)18-9-7-17(8-10-18)19-6-5-15-23-16-19/h5-16H,3-4H2,1-2H3,(H,24,26). The molecule has 0 spiro atoms. The lowest BCUT2D eigenvalue weighted by Gasteiger charge is -2.21. The van der Waals surface area contributed by atoms with E-state index in [0.29, 0.717) is 5.56 Å². The number of amides is 1. The van der Waals surface area contributed by atoms with Crippen molar-refractivity contribution in [3.8, 4) is 11.1 Å². The number of nitrogens with zero attached hydrogens (tertiary/aromatic N) is 2. The summed E-state index contributed by atoms with van der Waals surface area (Å²) in [5.41, 5.74) is 4.66. The molecule has 26 heavy (non-hydrogen) atoms. The zero-order valence-electron chi connectivity index (χ0n) is 15.1.